The molecule has 2 aromatic carbocycles. The van der Waals surface area contributed by atoms with E-state index in [2.05, 4.69) is 22.8 Å². The number of ether oxygens (including phenoxy) is 1. The number of nitrogens with zero attached hydrogens (tertiary/aromatic N) is 1. The summed E-state index contributed by atoms with van der Waals surface area (Å²) in [6, 6.07) is 14.9. The Bertz CT molecular complexity index is 978. The summed E-state index contributed by atoms with van der Waals surface area (Å²) < 4.78 is 5.53. The molecule has 2 atom stereocenters. The normalized spacial score (nSPS) is 14.1. The smallest absolute Gasteiger partial charge is 0.407 e. The number of hydrogen-bond donors (Lipinski definition) is 3. The minimum Gasteiger partial charge on any atom is -0.481 e. The number of fused-ring (bicyclic) bond motifs is 3. The van der Waals surface area contributed by atoms with Gasteiger partial charge in [0.1, 0.15) is 12.6 Å². The predicted molar refractivity (Wildman–Crippen MR) is 130 cm³/mol. The molecule has 8 heteroatoms. The first-order chi connectivity index (χ1) is 16.3. The van der Waals surface area contributed by atoms with Gasteiger partial charge < -0.3 is 25.4 Å². The van der Waals surface area contributed by atoms with Gasteiger partial charge in [0.2, 0.25) is 5.91 Å². The molecular formula is C26H33N3O5. The molecule has 1 aliphatic carbocycles. The second-order valence-corrected chi connectivity index (χ2v) is 8.96. The maximum atomic E-state index is 12.7. The first kappa shape index (κ1) is 25.2. The van der Waals surface area contributed by atoms with E-state index in [9.17, 15) is 14.4 Å². The predicted octanol–water partition coefficient (Wildman–Crippen LogP) is 3.21. The van der Waals surface area contributed by atoms with Crippen molar-refractivity contribution in [2.75, 3.05) is 27.2 Å². The standard InChI is InChI=1S/C26H33N3O5/c1-17(14-15-29(2)3)27-25(32)23(12-13-24(30)31)28-26(33)34-16-22-20-10-6-4-8-18(20)19-9-5-7-11-21(19)22/h4-11,17,22-23H,12-16H2,1-3H3,(H,27,32)(H,28,33)(H,30,31). The summed E-state index contributed by atoms with van der Waals surface area (Å²) in [5, 5.41) is 14.5. The van der Waals surface area contributed by atoms with Crippen LogP contribution in [0.25, 0.3) is 11.1 Å². The van der Waals surface area contributed by atoms with E-state index in [0.717, 1.165) is 35.2 Å². The van der Waals surface area contributed by atoms with Gasteiger partial charge in [0.15, 0.2) is 0 Å². The van der Waals surface area contributed by atoms with Crippen molar-refractivity contribution >= 4 is 18.0 Å². The van der Waals surface area contributed by atoms with Crippen LogP contribution >= 0.6 is 0 Å². The van der Waals surface area contributed by atoms with E-state index in [4.69, 9.17) is 9.84 Å². The number of carboxylic acid groups (broad SMARTS) is 1. The summed E-state index contributed by atoms with van der Waals surface area (Å²) in [6.45, 7) is 2.79. The van der Waals surface area contributed by atoms with Gasteiger partial charge in [-0.15, -0.1) is 0 Å². The topological polar surface area (TPSA) is 108 Å². The van der Waals surface area contributed by atoms with Crippen LogP contribution in [-0.2, 0) is 14.3 Å². The quantitative estimate of drug-likeness (QED) is 0.468. The lowest BCUT2D eigenvalue weighted by atomic mass is 9.98. The number of carbonyl (C=O) groups excluding carboxylic acids is 2. The number of hydrogen-bond acceptors (Lipinski definition) is 5. The van der Waals surface area contributed by atoms with Crippen LogP contribution < -0.4 is 10.6 Å². The largest absolute Gasteiger partial charge is 0.481 e. The van der Waals surface area contributed by atoms with E-state index in [1.54, 1.807) is 0 Å². The van der Waals surface area contributed by atoms with Crippen molar-refractivity contribution in [3.8, 4) is 11.1 Å². The fourth-order valence-electron chi connectivity index (χ4n) is 4.19. The lowest BCUT2D eigenvalue weighted by Crippen LogP contribution is -2.49. The molecule has 8 nitrogen and oxygen atoms in total. The highest BCUT2D eigenvalue weighted by atomic mass is 16.5. The van der Waals surface area contributed by atoms with Gasteiger partial charge in [-0.25, -0.2) is 4.79 Å². The van der Waals surface area contributed by atoms with Gasteiger partial charge in [-0.05, 0) is 62.7 Å². The lowest BCUT2D eigenvalue weighted by molar-refractivity contribution is -0.137. The number of benzene rings is 2. The summed E-state index contributed by atoms with van der Waals surface area (Å²) in [7, 11) is 3.89. The minimum absolute atomic E-state index is 0.0221. The number of rotatable bonds is 11. The number of alkyl carbamates (subject to hydrolysis) is 1. The average molecular weight is 468 g/mol. The van der Waals surface area contributed by atoms with Crippen molar-refractivity contribution in [1.82, 2.24) is 15.5 Å². The van der Waals surface area contributed by atoms with Gasteiger partial charge in [0.25, 0.3) is 0 Å². The zero-order valence-electron chi connectivity index (χ0n) is 19.9. The third kappa shape index (κ3) is 6.57. The van der Waals surface area contributed by atoms with Crippen molar-refractivity contribution in [2.45, 2.75) is 44.2 Å². The Morgan fingerprint density at radius 2 is 1.56 bits per heavy atom. The molecule has 0 heterocycles. The number of nitrogens with one attached hydrogen (secondary N) is 2. The molecule has 0 radical (unpaired) electrons. The Kier molecular flexibility index (Phi) is 8.65. The highest BCUT2D eigenvalue weighted by Crippen LogP contribution is 2.44. The zero-order valence-corrected chi connectivity index (χ0v) is 19.9. The number of amides is 2. The van der Waals surface area contributed by atoms with Gasteiger partial charge >= 0.3 is 12.1 Å². The van der Waals surface area contributed by atoms with Crippen LogP contribution in [0.15, 0.2) is 48.5 Å². The Balaban J connectivity index is 1.62. The molecule has 0 bridgehead atoms. The van der Waals surface area contributed by atoms with E-state index < -0.39 is 24.0 Å². The van der Waals surface area contributed by atoms with Crippen LogP contribution in [0.4, 0.5) is 4.79 Å². The van der Waals surface area contributed by atoms with E-state index >= 15 is 0 Å². The molecule has 2 aromatic rings. The first-order valence-electron chi connectivity index (χ1n) is 11.5. The van der Waals surface area contributed by atoms with Crippen molar-refractivity contribution in [1.29, 1.82) is 0 Å². The molecule has 0 saturated carbocycles. The average Bonchev–Trinajstić information content (AvgIpc) is 3.12. The Morgan fingerprint density at radius 1 is 0.971 bits per heavy atom. The van der Waals surface area contributed by atoms with E-state index in [-0.39, 0.29) is 31.4 Å². The van der Waals surface area contributed by atoms with E-state index in [1.165, 1.54) is 0 Å². The number of carbonyl (C=O) groups is 3. The van der Waals surface area contributed by atoms with Crippen LogP contribution in [-0.4, -0.2) is 67.3 Å². The second kappa shape index (κ2) is 11.7. The molecule has 0 aromatic heterocycles. The van der Waals surface area contributed by atoms with Crippen molar-refractivity contribution in [2.24, 2.45) is 0 Å². The van der Waals surface area contributed by atoms with Crippen LogP contribution in [0.2, 0.25) is 0 Å². The molecule has 0 aliphatic heterocycles. The van der Waals surface area contributed by atoms with Crippen LogP contribution in [0, 0.1) is 0 Å². The lowest BCUT2D eigenvalue weighted by Gasteiger charge is -2.22. The fraction of sp³-hybridized carbons (Fsp3) is 0.423. The van der Waals surface area contributed by atoms with Crippen molar-refractivity contribution in [3.05, 3.63) is 59.7 Å². The Labute approximate surface area is 200 Å². The summed E-state index contributed by atoms with van der Waals surface area (Å²) in [5.41, 5.74) is 4.42. The van der Waals surface area contributed by atoms with Gasteiger partial charge in [-0.3, -0.25) is 9.59 Å². The third-order valence-corrected chi connectivity index (χ3v) is 6.00. The number of carboxylic acids is 1. The third-order valence-electron chi connectivity index (χ3n) is 6.00. The van der Waals surface area contributed by atoms with Crippen LogP contribution in [0.5, 0.6) is 0 Å². The summed E-state index contributed by atoms with van der Waals surface area (Å²) in [6.07, 6.45) is -0.275. The summed E-state index contributed by atoms with van der Waals surface area (Å²) >= 11 is 0. The molecule has 0 spiro atoms. The zero-order chi connectivity index (χ0) is 24.7. The summed E-state index contributed by atoms with van der Waals surface area (Å²) in [4.78, 5) is 38.4. The van der Waals surface area contributed by atoms with E-state index in [0.29, 0.717) is 0 Å². The maximum Gasteiger partial charge on any atom is 0.407 e. The van der Waals surface area contributed by atoms with E-state index in [1.807, 2.05) is 62.3 Å². The second-order valence-electron chi connectivity index (χ2n) is 8.96. The monoisotopic (exact) mass is 467 g/mol. The molecule has 0 fully saturated rings. The fourth-order valence-corrected chi connectivity index (χ4v) is 4.19. The molecule has 2 unspecified atom stereocenters. The van der Waals surface area contributed by atoms with Crippen LogP contribution in [0.1, 0.15) is 43.2 Å². The first-order valence-corrected chi connectivity index (χ1v) is 11.5. The summed E-state index contributed by atoms with van der Waals surface area (Å²) in [5.74, 6) is -1.55. The van der Waals surface area contributed by atoms with Gasteiger partial charge in [0.05, 0.1) is 0 Å². The molecule has 1 aliphatic rings. The Hall–Kier alpha value is -3.39. The molecule has 34 heavy (non-hydrogen) atoms. The van der Waals surface area contributed by atoms with Gasteiger partial charge in [-0.2, -0.15) is 0 Å². The highest BCUT2D eigenvalue weighted by molar-refractivity contribution is 5.86. The van der Waals surface area contributed by atoms with Crippen molar-refractivity contribution < 1.29 is 24.2 Å². The van der Waals surface area contributed by atoms with Crippen molar-refractivity contribution in [3.63, 3.8) is 0 Å². The number of aliphatic carboxylic acids is 1. The molecule has 2 amide bonds. The van der Waals surface area contributed by atoms with Crippen LogP contribution in [0.3, 0.4) is 0 Å². The highest BCUT2D eigenvalue weighted by Gasteiger charge is 2.30. The molecule has 182 valence electrons. The molecule has 0 saturated heterocycles. The molecule has 3 rings (SSSR count). The molecular weight excluding hydrogens is 434 g/mol. The van der Waals surface area contributed by atoms with Gasteiger partial charge in [-0.1, -0.05) is 48.5 Å². The SMILES string of the molecule is CC(CCN(C)C)NC(=O)C(CCC(=O)O)NC(=O)OCC1c2ccccc2-c2ccccc21. The maximum absolute atomic E-state index is 12.7. The Morgan fingerprint density at radius 3 is 2.12 bits per heavy atom. The minimum atomic E-state index is -1.03. The molecule has 3 N–H and O–H groups in total. The van der Waals surface area contributed by atoms with Gasteiger partial charge in [0, 0.05) is 18.4 Å².